The van der Waals surface area contributed by atoms with Crippen molar-refractivity contribution in [2.45, 2.75) is 31.7 Å². The monoisotopic (exact) mass is 121 g/mol. The van der Waals surface area contributed by atoms with Crippen LogP contribution in [0.3, 0.4) is 0 Å². The number of rotatable bonds is 1. The Labute approximate surface area is 50.7 Å². The summed E-state index contributed by atoms with van der Waals surface area (Å²) in [6.07, 6.45) is 3.67. The van der Waals surface area contributed by atoms with Crippen LogP contribution in [0.15, 0.2) is 0 Å². The largest absolute Gasteiger partial charge is 0.325 e. The first-order chi connectivity index (χ1) is 2.77. The lowest BCUT2D eigenvalue weighted by Crippen LogP contribution is -2.19. The molecule has 0 aromatic rings. The zero-order valence-corrected chi connectivity index (χ0v) is 5.42. The molecule has 1 fully saturated rings. The maximum Gasteiger partial charge on any atom is 0.0153 e. The van der Waals surface area contributed by atoms with E-state index in [-0.39, 0.29) is 12.4 Å². The normalized spacial score (nSPS) is 23.1. The van der Waals surface area contributed by atoms with Crippen molar-refractivity contribution in [2.24, 2.45) is 5.73 Å². The van der Waals surface area contributed by atoms with Gasteiger partial charge in [0, 0.05) is 5.54 Å². The molecule has 2 heteroatoms. The Hall–Kier alpha value is 0.250. The predicted octanol–water partition coefficient (Wildman–Crippen LogP) is 1.31. The number of hydrogen-bond acceptors (Lipinski definition) is 1. The third-order valence-electron chi connectivity index (χ3n) is 1.60. The summed E-state index contributed by atoms with van der Waals surface area (Å²) in [5, 5.41) is 0. The first kappa shape index (κ1) is 7.25. The summed E-state index contributed by atoms with van der Waals surface area (Å²) in [6.45, 7) is 2.15. The lowest BCUT2D eigenvalue weighted by molar-refractivity contribution is 0.650. The quantitative estimate of drug-likeness (QED) is 0.556. The van der Waals surface area contributed by atoms with E-state index in [0.29, 0.717) is 5.54 Å². The minimum atomic E-state index is 0. The van der Waals surface area contributed by atoms with Crippen LogP contribution in [0.5, 0.6) is 0 Å². The molecule has 0 aromatic heterocycles. The molecule has 1 nitrogen and oxygen atoms in total. The second kappa shape index (κ2) is 2.01. The third kappa shape index (κ3) is 1.66. The lowest BCUT2D eigenvalue weighted by atomic mass is 10.2. The highest BCUT2D eigenvalue weighted by atomic mass is 35.5. The van der Waals surface area contributed by atoms with Gasteiger partial charge in [0.25, 0.3) is 0 Å². The van der Waals surface area contributed by atoms with Crippen molar-refractivity contribution in [3.8, 4) is 0 Å². The van der Waals surface area contributed by atoms with E-state index in [1.54, 1.807) is 0 Å². The molecule has 0 atom stereocenters. The first-order valence-corrected chi connectivity index (χ1v) is 2.56. The Kier molecular flexibility index (Phi) is 2.09. The molecule has 0 amide bonds. The van der Waals surface area contributed by atoms with Crippen molar-refractivity contribution in [3.05, 3.63) is 0 Å². The summed E-state index contributed by atoms with van der Waals surface area (Å²) < 4.78 is 0. The highest BCUT2D eigenvalue weighted by Crippen LogP contribution is 2.34. The van der Waals surface area contributed by atoms with Gasteiger partial charge in [-0.15, -0.1) is 12.4 Å². The number of halogens is 1. The topological polar surface area (TPSA) is 26.0 Å². The molecule has 0 spiro atoms. The average Bonchev–Trinajstić information content (AvgIpc) is 2.22. The van der Waals surface area contributed by atoms with Crippen molar-refractivity contribution in [3.63, 3.8) is 0 Å². The van der Waals surface area contributed by atoms with Gasteiger partial charge in [0.15, 0.2) is 0 Å². The van der Waals surface area contributed by atoms with E-state index in [4.69, 9.17) is 5.73 Å². The van der Waals surface area contributed by atoms with Crippen LogP contribution >= 0.6 is 12.4 Å². The Balaban J connectivity index is 0.000000360. The zero-order valence-electron chi connectivity index (χ0n) is 4.61. The summed E-state index contributed by atoms with van der Waals surface area (Å²) in [7, 11) is 0. The molecule has 1 aliphatic rings. The van der Waals surface area contributed by atoms with Crippen LogP contribution in [-0.4, -0.2) is 5.54 Å². The fraction of sp³-hybridized carbons (Fsp3) is 1.00. The zero-order chi connectivity index (χ0) is 4.62. The van der Waals surface area contributed by atoms with Gasteiger partial charge in [-0.1, -0.05) is 6.92 Å². The highest BCUT2D eigenvalue weighted by molar-refractivity contribution is 5.85. The molecule has 0 heterocycles. The van der Waals surface area contributed by atoms with E-state index < -0.39 is 0 Å². The molecule has 0 unspecified atom stereocenters. The molecule has 1 rings (SSSR count). The van der Waals surface area contributed by atoms with Crippen molar-refractivity contribution >= 4 is 12.4 Å². The number of hydrogen-bond donors (Lipinski definition) is 1. The molecule has 0 aliphatic heterocycles. The minimum Gasteiger partial charge on any atom is -0.325 e. The van der Waals surface area contributed by atoms with E-state index in [1.165, 1.54) is 12.8 Å². The van der Waals surface area contributed by atoms with Gasteiger partial charge in [0.2, 0.25) is 0 Å². The maximum atomic E-state index is 5.65. The number of nitrogens with two attached hydrogens (primary N) is 1. The molecule has 0 bridgehead atoms. The summed E-state index contributed by atoms with van der Waals surface area (Å²) in [4.78, 5) is 0. The third-order valence-corrected chi connectivity index (χ3v) is 1.60. The summed E-state index contributed by atoms with van der Waals surface area (Å²) in [5.41, 5.74) is 5.94. The standard InChI is InChI=1S/C5H11N.ClH/c1-2-5(6)3-4-5;/h2-4,6H2,1H3;1H. The first-order valence-electron chi connectivity index (χ1n) is 2.56. The van der Waals surface area contributed by atoms with Crippen LogP contribution in [0, 0.1) is 0 Å². The van der Waals surface area contributed by atoms with Crippen LogP contribution in [0.4, 0.5) is 0 Å². The molecule has 7 heavy (non-hydrogen) atoms. The summed E-state index contributed by atoms with van der Waals surface area (Å²) >= 11 is 0. The fourth-order valence-electron chi connectivity index (χ4n) is 0.514. The lowest BCUT2D eigenvalue weighted by Gasteiger charge is -1.98. The van der Waals surface area contributed by atoms with E-state index in [0.717, 1.165) is 6.42 Å². The minimum absolute atomic E-state index is 0. The summed E-state index contributed by atoms with van der Waals surface area (Å²) in [6, 6.07) is 0. The fourth-order valence-corrected chi connectivity index (χ4v) is 0.514. The Morgan fingerprint density at radius 3 is 2.00 bits per heavy atom. The molecule has 0 saturated heterocycles. The molecule has 0 radical (unpaired) electrons. The molecule has 1 saturated carbocycles. The van der Waals surface area contributed by atoms with Gasteiger partial charge < -0.3 is 5.73 Å². The van der Waals surface area contributed by atoms with Crippen molar-refractivity contribution in [1.82, 2.24) is 0 Å². The summed E-state index contributed by atoms with van der Waals surface area (Å²) in [5.74, 6) is 0. The van der Waals surface area contributed by atoms with Gasteiger partial charge in [-0.3, -0.25) is 0 Å². The second-order valence-electron chi connectivity index (χ2n) is 2.22. The van der Waals surface area contributed by atoms with Crippen molar-refractivity contribution in [2.75, 3.05) is 0 Å². The molecule has 44 valence electrons. The van der Waals surface area contributed by atoms with Crippen LogP contribution < -0.4 is 5.73 Å². The predicted molar refractivity (Wildman–Crippen MR) is 33.7 cm³/mol. The SMILES string of the molecule is CCC1(N)CC1.Cl. The van der Waals surface area contributed by atoms with Gasteiger partial charge >= 0.3 is 0 Å². The van der Waals surface area contributed by atoms with E-state index >= 15 is 0 Å². The molecule has 2 N–H and O–H groups in total. The Bertz CT molecular complexity index is 59.1. The Morgan fingerprint density at radius 1 is 1.57 bits per heavy atom. The van der Waals surface area contributed by atoms with Gasteiger partial charge in [0.05, 0.1) is 0 Å². The van der Waals surface area contributed by atoms with E-state index in [1.807, 2.05) is 0 Å². The molecular formula is C5H12ClN. The Morgan fingerprint density at radius 2 is 2.00 bits per heavy atom. The van der Waals surface area contributed by atoms with Gasteiger partial charge in [-0.25, -0.2) is 0 Å². The maximum absolute atomic E-state index is 5.65. The van der Waals surface area contributed by atoms with Crippen LogP contribution in [0.25, 0.3) is 0 Å². The van der Waals surface area contributed by atoms with E-state index in [9.17, 15) is 0 Å². The van der Waals surface area contributed by atoms with Gasteiger partial charge in [-0.05, 0) is 19.3 Å². The van der Waals surface area contributed by atoms with Crippen LogP contribution in [-0.2, 0) is 0 Å². The molecule has 0 aromatic carbocycles. The molecular weight excluding hydrogens is 110 g/mol. The van der Waals surface area contributed by atoms with E-state index in [2.05, 4.69) is 6.92 Å². The smallest absolute Gasteiger partial charge is 0.0153 e. The van der Waals surface area contributed by atoms with Crippen LogP contribution in [0.2, 0.25) is 0 Å². The van der Waals surface area contributed by atoms with Crippen molar-refractivity contribution in [1.29, 1.82) is 0 Å². The second-order valence-corrected chi connectivity index (χ2v) is 2.22. The van der Waals surface area contributed by atoms with Gasteiger partial charge in [0.1, 0.15) is 0 Å². The van der Waals surface area contributed by atoms with Crippen LogP contribution in [0.1, 0.15) is 26.2 Å². The average molecular weight is 122 g/mol. The van der Waals surface area contributed by atoms with Crippen molar-refractivity contribution < 1.29 is 0 Å². The van der Waals surface area contributed by atoms with Gasteiger partial charge in [-0.2, -0.15) is 0 Å². The molecule has 1 aliphatic carbocycles. The highest BCUT2D eigenvalue weighted by Gasteiger charge is 2.35.